The van der Waals surface area contributed by atoms with Crippen LogP contribution in [-0.2, 0) is 0 Å². The van der Waals surface area contributed by atoms with Gasteiger partial charge in [0.25, 0.3) is 5.91 Å². The first-order chi connectivity index (χ1) is 14.6. The van der Waals surface area contributed by atoms with Crippen LogP contribution >= 0.6 is 0 Å². The number of ether oxygens (including phenoxy) is 1. The number of piperazine rings is 1. The number of nitrogens with zero attached hydrogens (tertiary/aromatic N) is 3. The molecular weight excluding hydrogens is 376 g/mol. The molecule has 1 aliphatic carbocycles. The molecule has 6 heteroatoms. The number of rotatable bonds is 6. The molecule has 164 valence electrons. The van der Waals surface area contributed by atoms with Crippen molar-refractivity contribution in [3.8, 4) is 5.75 Å². The SMILES string of the molecule is COc1ccc2c(c1)c(C(=O)NCCN1CCN(C)CC1)c(C)n2C1CCCCC1. The van der Waals surface area contributed by atoms with Gasteiger partial charge in [0.05, 0.1) is 12.7 Å². The zero-order chi connectivity index (χ0) is 21.1. The van der Waals surface area contributed by atoms with Gasteiger partial charge < -0.3 is 19.5 Å². The molecule has 30 heavy (non-hydrogen) atoms. The number of fused-ring (bicyclic) bond motifs is 1. The van der Waals surface area contributed by atoms with Gasteiger partial charge in [0.2, 0.25) is 0 Å². The van der Waals surface area contributed by atoms with Gasteiger partial charge in [-0.05, 0) is 45.0 Å². The molecule has 0 spiro atoms. The first kappa shape index (κ1) is 21.2. The van der Waals surface area contributed by atoms with E-state index in [2.05, 4.69) is 39.7 Å². The highest BCUT2D eigenvalue weighted by atomic mass is 16.5. The van der Waals surface area contributed by atoms with Crippen LogP contribution in [0, 0.1) is 6.92 Å². The molecule has 1 N–H and O–H groups in total. The molecule has 0 bridgehead atoms. The number of aromatic nitrogens is 1. The minimum Gasteiger partial charge on any atom is -0.497 e. The number of hydrogen-bond acceptors (Lipinski definition) is 4. The summed E-state index contributed by atoms with van der Waals surface area (Å²) in [5.41, 5.74) is 3.06. The molecule has 2 aliphatic rings. The Morgan fingerprint density at radius 3 is 2.57 bits per heavy atom. The van der Waals surface area contributed by atoms with Crippen LogP contribution in [0.5, 0.6) is 5.75 Å². The van der Waals surface area contributed by atoms with Crippen molar-refractivity contribution in [1.29, 1.82) is 0 Å². The first-order valence-electron chi connectivity index (χ1n) is 11.5. The quantitative estimate of drug-likeness (QED) is 0.790. The second-order valence-corrected chi connectivity index (χ2v) is 8.91. The van der Waals surface area contributed by atoms with Crippen molar-refractivity contribution in [2.75, 3.05) is 53.4 Å². The molecule has 1 amide bonds. The number of nitrogens with one attached hydrogen (secondary N) is 1. The standard InChI is InChI=1S/C24H36N4O2/c1-18-23(24(29)25-11-12-27-15-13-26(2)14-16-27)21-17-20(30-3)9-10-22(21)28(18)19-7-5-4-6-8-19/h9-10,17,19H,4-8,11-16H2,1-3H3,(H,25,29). The van der Waals surface area contributed by atoms with Crippen LogP contribution < -0.4 is 10.1 Å². The lowest BCUT2D eigenvalue weighted by molar-refractivity contribution is 0.0941. The normalized spacial score (nSPS) is 19.3. The van der Waals surface area contributed by atoms with E-state index in [0.29, 0.717) is 12.6 Å². The summed E-state index contributed by atoms with van der Waals surface area (Å²) in [7, 11) is 3.85. The molecule has 1 saturated heterocycles. The Labute approximate surface area is 180 Å². The molecule has 2 heterocycles. The molecule has 0 radical (unpaired) electrons. The summed E-state index contributed by atoms with van der Waals surface area (Å²) < 4.78 is 7.89. The third-order valence-corrected chi connectivity index (χ3v) is 6.93. The number of hydrogen-bond donors (Lipinski definition) is 1. The molecule has 1 aromatic heterocycles. The molecule has 0 atom stereocenters. The van der Waals surface area contributed by atoms with Gasteiger partial charge in [0.15, 0.2) is 0 Å². The number of methoxy groups -OCH3 is 1. The lowest BCUT2D eigenvalue weighted by Crippen LogP contribution is -2.46. The summed E-state index contributed by atoms with van der Waals surface area (Å²) in [4.78, 5) is 18.1. The average molecular weight is 413 g/mol. The predicted octanol–water partition coefficient (Wildman–Crippen LogP) is 3.44. The molecule has 1 aromatic carbocycles. The van der Waals surface area contributed by atoms with Crippen LogP contribution in [0.1, 0.15) is 54.2 Å². The monoisotopic (exact) mass is 412 g/mol. The van der Waals surface area contributed by atoms with E-state index in [9.17, 15) is 4.79 Å². The van der Waals surface area contributed by atoms with Crippen molar-refractivity contribution in [1.82, 2.24) is 19.7 Å². The highest BCUT2D eigenvalue weighted by molar-refractivity contribution is 6.08. The summed E-state index contributed by atoms with van der Waals surface area (Å²) in [5.74, 6) is 0.837. The summed E-state index contributed by atoms with van der Waals surface area (Å²) >= 11 is 0. The minimum atomic E-state index is 0.0365. The summed E-state index contributed by atoms with van der Waals surface area (Å²) in [6, 6.07) is 6.64. The molecule has 6 nitrogen and oxygen atoms in total. The van der Waals surface area contributed by atoms with Crippen molar-refractivity contribution < 1.29 is 9.53 Å². The minimum absolute atomic E-state index is 0.0365. The molecule has 2 aromatic rings. The van der Waals surface area contributed by atoms with Gasteiger partial charge in [-0.2, -0.15) is 0 Å². The maximum absolute atomic E-state index is 13.3. The summed E-state index contributed by atoms with van der Waals surface area (Å²) in [5, 5.41) is 4.20. The molecule has 0 unspecified atom stereocenters. The van der Waals surface area contributed by atoms with E-state index in [1.165, 1.54) is 32.1 Å². The van der Waals surface area contributed by atoms with Crippen LogP contribution in [-0.4, -0.2) is 73.7 Å². The average Bonchev–Trinajstić information content (AvgIpc) is 3.06. The van der Waals surface area contributed by atoms with E-state index in [1.807, 2.05) is 12.1 Å². The number of amides is 1. The van der Waals surface area contributed by atoms with Crippen molar-refractivity contribution in [2.45, 2.75) is 45.1 Å². The van der Waals surface area contributed by atoms with Crippen LogP contribution in [0.3, 0.4) is 0 Å². The number of carbonyl (C=O) groups is 1. The second kappa shape index (κ2) is 9.40. The molecule has 2 fully saturated rings. The van der Waals surface area contributed by atoms with E-state index in [0.717, 1.165) is 60.6 Å². The first-order valence-corrected chi connectivity index (χ1v) is 11.5. The van der Waals surface area contributed by atoms with Gasteiger partial charge in [-0.1, -0.05) is 19.3 Å². The fourth-order valence-corrected chi connectivity index (χ4v) is 5.13. The van der Waals surface area contributed by atoms with Crippen molar-refractivity contribution in [2.24, 2.45) is 0 Å². The van der Waals surface area contributed by atoms with Crippen LogP contribution in [0.4, 0.5) is 0 Å². The smallest absolute Gasteiger partial charge is 0.253 e. The van der Waals surface area contributed by atoms with E-state index in [-0.39, 0.29) is 5.91 Å². The Hall–Kier alpha value is -2.05. The number of likely N-dealkylation sites (N-methyl/N-ethyl adjacent to an activating group) is 1. The van der Waals surface area contributed by atoms with Gasteiger partial charge >= 0.3 is 0 Å². The van der Waals surface area contributed by atoms with Crippen LogP contribution in [0.15, 0.2) is 18.2 Å². The van der Waals surface area contributed by atoms with E-state index in [1.54, 1.807) is 7.11 Å². The lowest BCUT2D eigenvalue weighted by Gasteiger charge is -2.32. The zero-order valence-electron chi connectivity index (χ0n) is 18.7. The Morgan fingerprint density at radius 2 is 1.87 bits per heavy atom. The maximum atomic E-state index is 13.3. The van der Waals surface area contributed by atoms with E-state index >= 15 is 0 Å². The fourth-order valence-electron chi connectivity index (χ4n) is 5.13. The van der Waals surface area contributed by atoms with Gasteiger partial charge in [-0.25, -0.2) is 0 Å². The Balaban J connectivity index is 1.55. The number of carbonyl (C=O) groups excluding carboxylic acids is 1. The van der Waals surface area contributed by atoms with Crippen LogP contribution in [0.25, 0.3) is 10.9 Å². The lowest BCUT2D eigenvalue weighted by atomic mass is 9.95. The van der Waals surface area contributed by atoms with Crippen molar-refractivity contribution >= 4 is 16.8 Å². The second-order valence-electron chi connectivity index (χ2n) is 8.91. The van der Waals surface area contributed by atoms with Crippen molar-refractivity contribution in [3.05, 3.63) is 29.5 Å². The third kappa shape index (κ3) is 4.35. The van der Waals surface area contributed by atoms with Gasteiger partial charge in [-0.3, -0.25) is 9.69 Å². The number of benzene rings is 1. The van der Waals surface area contributed by atoms with E-state index < -0.39 is 0 Å². The zero-order valence-corrected chi connectivity index (χ0v) is 18.7. The molecule has 1 aliphatic heterocycles. The summed E-state index contributed by atoms with van der Waals surface area (Å²) in [6.07, 6.45) is 6.25. The highest BCUT2D eigenvalue weighted by Crippen LogP contribution is 2.37. The maximum Gasteiger partial charge on any atom is 0.253 e. The van der Waals surface area contributed by atoms with E-state index in [4.69, 9.17) is 4.74 Å². The van der Waals surface area contributed by atoms with Gasteiger partial charge in [0.1, 0.15) is 5.75 Å². The summed E-state index contributed by atoms with van der Waals surface area (Å²) in [6.45, 7) is 8.04. The topological polar surface area (TPSA) is 49.7 Å². The van der Waals surface area contributed by atoms with Crippen molar-refractivity contribution in [3.63, 3.8) is 0 Å². The Bertz CT molecular complexity index is 877. The predicted molar refractivity (Wildman–Crippen MR) is 122 cm³/mol. The molecule has 1 saturated carbocycles. The largest absolute Gasteiger partial charge is 0.497 e. The highest BCUT2D eigenvalue weighted by Gasteiger charge is 2.25. The Kier molecular flexibility index (Phi) is 6.64. The molecule has 4 rings (SSSR count). The van der Waals surface area contributed by atoms with Gasteiger partial charge in [0, 0.05) is 61.9 Å². The Morgan fingerprint density at radius 1 is 1.13 bits per heavy atom. The third-order valence-electron chi connectivity index (χ3n) is 6.93. The molecular formula is C24H36N4O2. The van der Waals surface area contributed by atoms with Crippen LogP contribution in [0.2, 0.25) is 0 Å². The van der Waals surface area contributed by atoms with Gasteiger partial charge in [-0.15, -0.1) is 0 Å². The fraction of sp³-hybridized carbons (Fsp3) is 0.625.